The second-order valence-electron chi connectivity index (χ2n) is 8.84. The molecule has 37 heavy (non-hydrogen) atoms. The first-order chi connectivity index (χ1) is 17.9. The summed E-state index contributed by atoms with van der Waals surface area (Å²) in [6, 6.07) is 9.79. The average molecular weight is 591 g/mol. The zero-order valence-electron chi connectivity index (χ0n) is 21.1. The monoisotopic (exact) mass is 589 g/mol. The Hall–Kier alpha value is -2.53. The number of nitrogens with two attached hydrogens (primary N) is 1. The quantitative estimate of drug-likeness (QED) is 0.183. The van der Waals surface area contributed by atoms with Gasteiger partial charge >= 0.3 is 12.1 Å². The maximum atomic E-state index is 13.5. The van der Waals surface area contributed by atoms with Crippen molar-refractivity contribution in [3.63, 3.8) is 0 Å². The molecule has 2 heterocycles. The Morgan fingerprint density at radius 2 is 1.95 bits per heavy atom. The number of fused-ring (bicyclic) bond motifs is 1. The molecule has 0 spiro atoms. The first kappa shape index (κ1) is 27.5. The van der Waals surface area contributed by atoms with Gasteiger partial charge in [0.05, 0.1) is 22.2 Å². The van der Waals surface area contributed by atoms with Gasteiger partial charge in [-0.2, -0.15) is 0 Å². The highest BCUT2D eigenvalue weighted by atomic mass is 79.9. The Morgan fingerprint density at radius 1 is 1.19 bits per heavy atom. The number of carbonyl (C=O) groups is 2. The summed E-state index contributed by atoms with van der Waals surface area (Å²) in [5, 5.41) is 11.7. The maximum absolute atomic E-state index is 13.5. The molecule has 198 valence electrons. The van der Waals surface area contributed by atoms with Gasteiger partial charge in [0.25, 0.3) is 0 Å². The van der Waals surface area contributed by atoms with Crippen LogP contribution in [0.3, 0.4) is 0 Å². The van der Waals surface area contributed by atoms with E-state index < -0.39 is 12.1 Å². The van der Waals surface area contributed by atoms with Crippen molar-refractivity contribution in [1.82, 2.24) is 9.47 Å². The Morgan fingerprint density at radius 3 is 2.62 bits per heavy atom. The second kappa shape index (κ2) is 12.3. The molecular weight excluding hydrogens is 558 g/mol. The first-order valence-corrected chi connectivity index (χ1v) is 14.2. The number of halogens is 1. The lowest BCUT2D eigenvalue weighted by atomic mass is 10.0. The standard InChI is InChI=1S/C27H32BrN3O5S/c1-3-31-21-13-20(28)25(32)19(15-30-10-5-6-11-30)23(21)24(26(33)36-27(34)35-4-2)22(31)16-37-18-9-7-8-17(12-18)14-29/h7-9,12-13,32H,3-6,10-11,14-16,29H2,1-2H3. The van der Waals surface area contributed by atoms with Crippen LogP contribution >= 0.6 is 27.7 Å². The second-order valence-corrected chi connectivity index (χ2v) is 10.7. The van der Waals surface area contributed by atoms with E-state index in [-0.39, 0.29) is 17.9 Å². The number of likely N-dealkylation sites (tertiary alicyclic amines) is 1. The molecule has 0 bridgehead atoms. The highest BCUT2D eigenvalue weighted by Gasteiger charge is 2.30. The number of nitrogens with zero attached hydrogens (tertiary/aromatic N) is 2. The van der Waals surface area contributed by atoms with Gasteiger partial charge in [-0.05, 0) is 79.5 Å². The van der Waals surface area contributed by atoms with Gasteiger partial charge in [0.2, 0.25) is 0 Å². The molecule has 0 amide bonds. The fourth-order valence-corrected chi connectivity index (χ4v) is 6.30. The van der Waals surface area contributed by atoms with E-state index in [9.17, 15) is 14.7 Å². The molecule has 1 saturated heterocycles. The van der Waals surface area contributed by atoms with E-state index in [0.717, 1.165) is 47.6 Å². The molecular formula is C27H32BrN3O5S. The smallest absolute Gasteiger partial charge is 0.506 e. The van der Waals surface area contributed by atoms with Crippen LogP contribution in [-0.4, -0.2) is 46.4 Å². The highest BCUT2D eigenvalue weighted by Crippen LogP contribution is 2.42. The lowest BCUT2D eigenvalue weighted by Gasteiger charge is -2.18. The number of aromatic hydroxyl groups is 1. The molecule has 4 rings (SSSR count). The molecule has 0 aliphatic carbocycles. The van der Waals surface area contributed by atoms with E-state index in [1.165, 1.54) is 0 Å². The van der Waals surface area contributed by atoms with Gasteiger partial charge in [-0.25, -0.2) is 9.59 Å². The number of carbonyl (C=O) groups excluding carboxylic acids is 2. The number of hydrogen-bond donors (Lipinski definition) is 2. The predicted molar refractivity (Wildman–Crippen MR) is 148 cm³/mol. The van der Waals surface area contributed by atoms with Gasteiger partial charge in [0, 0.05) is 46.9 Å². The zero-order valence-corrected chi connectivity index (χ0v) is 23.5. The molecule has 1 aliphatic heterocycles. The van der Waals surface area contributed by atoms with Crippen molar-refractivity contribution in [2.75, 3.05) is 19.7 Å². The molecule has 0 saturated carbocycles. The lowest BCUT2D eigenvalue weighted by molar-refractivity contribution is 0.0402. The van der Waals surface area contributed by atoms with Crippen LogP contribution in [0.25, 0.3) is 10.9 Å². The third-order valence-electron chi connectivity index (χ3n) is 6.54. The number of benzene rings is 2. The molecule has 3 aromatic rings. The van der Waals surface area contributed by atoms with Crippen LogP contribution in [0, 0.1) is 0 Å². The molecule has 1 aromatic heterocycles. The largest absolute Gasteiger partial charge is 0.516 e. The number of esters is 1. The van der Waals surface area contributed by atoms with Crippen LogP contribution in [0.5, 0.6) is 5.75 Å². The number of rotatable bonds is 9. The van der Waals surface area contributed by atoms with E-state index in [4.69, 9.17) is 15.2 Å². The predicted octanol–water partition coefficient (Wildman–Crippen LogP) is 5.79. The maximum Gasteiger partial charge on any atom is 0.516 e. The number of ether oxygens (including phenoxy) is 2. The molecule has 2 aromatic carbocycles. The third-order valence-corrected chi connectivity index (χ3v) is 8.15. The van der Waals surface area contributed by atoms with Crippen LogP contribution in [0.2, 0.25) is 0 Å². The van der Waals surface area contributed by atoms with E-state index in [2.05, 4.69) is 25.4 Å². The number of phenolic OH excluding ortho intramolecular Hbond substituents is 1. The summed E-state index contributed by atoms with van der Waals surface area (Å²) in [6.45, 7) is 7.10. The van der Waals surface area contributed by atoms with Crippen LogP contribution in [0.4, 0.5) is 4.79 Å². The zero-order chi connectivity index (χ0) is 26.5. The number of hydrogen-bond acceptors (Lipinski definition) is 8. The van der Waals surface area contributed by atoms with Gasteiger partial charge in [0.1, 0.15) is 5.75 Å². The summed E-state index contributed by atoms with van der Waals surface area (Å²) in [6.07, 6.45) is 1.15. The lowest BCUT2D eigenvalue weighted by Crippen LogP contribution is -2.19. The fraction of sp³-hybridized carbons (Fsp3) is 0.407. The minimum absolute atomic E-state index is 0.0905. The topological polar surface area (TPSA) is 107 Å². The highest BCUT2D eigenvalue weighted by molar-refractivity contribution is 9.10. The summed E-state index contributed by atoms with van der Waals surface area (Å²) < 4.78 is 12.6. The number of phenols is 1. The van der Waals surface area contributed by atoms with Gasteiger partial charge in [-0.15, -0.1) is 11.8 Å². The van der Waals surface area contributed by atoms with Crippen molar-refractivity contribution < 1.29 is 24.2 Å². The summed E-state index contributed by atoms with van der Waals surface area (Å²) in [5.41, 5.74) is 9.28. The van der Waals surface area contributed by atoms with Crippen molar-refractivity contribution in [2.45, 2.75) is 57.0 Å². The molecule has 1 aliphatic rings. The van der Waals surface area contributed by atoms with Crippen molar-refractivity contribution in [2.24, 2.45) is 5.73 Å². The number of aryl methyl sites for hydroxylation is 1. The van der Waals surface area contributed by atoms with Crippen molar-refractivity contribution in [3.05, 3.63) is 57.2 Å². The van der Waals surface area contributed by atoms with Gasteiger partial charge < -0.3 is 24.9 Å². The molecule has 8 nitrogen and oxygen atoms in total. The Kier molecular flexibility index (Phi) is 9.17. The summed E-state index contributed by atoms with van der Waals surface area (Å²) in [4.78, 5) is 28.9. The Balaban J connectivity index is 1.87. The van der Waals surface area contributed by atoms with Gasteiger partial charge in [0.15, 0.2) is 0 Å². The summed E-state index contributed by atoms with van der Waals surface area (Å²) >= 11 is 5.08. The van der Waals surface area contributed by atoms with E-state index in [0.29, 0.717) is 40.8 Å². The molecule has 0 radical (unpaired) electrons. The van der Waals surface area contributed by atoms with Crippen LogP contribution < -0.4 is 5.73 Å². The minimum Gasteiger partial charge on any atom is -0.506 e. The van der Waals surface area contributed by atoms with Gasteiger partial charge in [-0.1, -0.05) is 12.1 Å². The summed E-state index contributed by atoms with van der Waals surface area (Å²) in [7, 11) is 0. The van der Waals surface area contributed by atoms with Crippen LogP contribution in [-0.2, 0) is 34.9 Å². The van der Waals surface area contributed by atoms with Crippen LogP contribution in [0.1, 0.15) is 53.9 Å². The normalized spacial score (nSPS) is 13.8. The first-order valence-electron chi connectivity index (χ1n) is 12.5. The molecule has 3 N–H and O–H groups in total. The Bertz CT molecular complexity index is 1300. The molecule has 0 atom stereocenters. The average Bonchev–Trinajstić information content (AvgIpc) is 3.51. The summed E-state index contributed by atoms with van der Waals surface area (Å²) in [5.74, 6) is -0.246. The molecule has 10 heteroatoms. The number of thioether (sulfide) groups is 1. The fourth-order valence-electron chi connectivity index (χ4n) is 4.83. The number of aromatic nitrogens is 1. The molecule has 1 fully saturated rings. The van der Waals surface area contributed by atoms with Crippen LogP contribution in [0.15, 0.2) is 39.7 Å². The SMILES string of the molecule is CCOC(=O)OC(=O)c1c(CSc2cccc(CN)c2)n(CC)c2cc(Br)c(O)c(CN3CCCC3)c12. The van der Waals surface area contributed by atoms with E-state index in [1.54, 1.807) is 18.7 Å². The van der Waals surface area contributed by atoms with Crippen molar-refractivity contribution in [1.29, 1.82) is 0 Å². The minimum atomic E-state index is -1.04. The third kappa shape index (κ3) is 5.98. The molecule has 0 unspecified atom stereocenters. The van der Waals surface area contributed by atoms with Crippen molar-refractivity contribution >= 4 is 50.7 Å². The Labute approximate surface area is 229 Å². The van der Waals surface area contributed by atoms with Gasteiger partial charge in [-0.3, -0.25) is 4.90 Å². The van der Waals surface area contributed by atoms with Crippen molar-refractivity contribution in [3.8, 4) is 5.75 Å². The van der Waals surface area contributed by atoms with E-state index in [1.807, 2.05) is 37.3 Å². The van der Waals surface area contributed by atoms with E-state index >= 15 is 0 Å².